The van der Waals surface area contributed by atoms with Crippen LogP contribution in [0.5, 0.6) is 0 Å². The molecule has 1 unspecified atom stereocenters. The van der Waals surface area contributed by atoms with Crippen LogP contribution >= 0.6 is 0 Å². The van der Waals surface area contributed by atoms with Crippen LogP contribution in [0.1, 0.15) is 12.0 Å². The zero-order valence-corrected chi connectivity index (χ0v) is 12.7. The zero-order valence-electron chi connectivity index (χ0n) is 11.8. The number of carbonyl (C=O) groups excluding carboxylic acids is 2. The molecule has 120 valence electrons. The van der Waals surface area contributed by atoms with Gasteiger partial charge in [0.2, 0.25) is 11.8 Å². The van der Waals surface area contributed by atoms with Gasteiger partial charge in [-0.3, -0.25) is 9.59 Å². The number of nitrogens with one attached hydrogen (secondary N) is 2. The SMILES string of the molecule is O=C(Cc1ccccc1F)NCC(=O)NC1CCS(=O)(=O)C1. The van der Waals surface area contributed by atoms with Gasteiger partial charge < -0.3 is 10.6 Å². The van der Waals surface area contributed by atoms with Crippen molar-refractivity contribution in [3.05, 3.63) is 35.6 Å². The third kappa shape index (κ3) is 4.80. The van der Waals surface area contributed by atoms with E-state index in [1.165, 1.54) is 18.2 Å². The molecule has 0 saturated carbocycles. The Morgan fingerprint density at radius 1 is 1.23 bits per heavy atom. The molecule has 1 aromatic carbocycles. The van der Waals surface area contributed by atoms with E-state index in [9.17, 15) is 22.4 Å². The van der Waals surface area contributed by atoms with Gasteiger partial charge in [0.15, 0.2) is 9.84 Å². The van der Waals surface area contributed by atoms with E-state index in [0.717, 1.165) is 0 Å². The predicted molar refractivity (Wildman–Crippen MR) is 78.3 cm³/mol. The average molecular weight is 328 g/mol. The van der Waals surface area contributed by atoms with Crippen molar-refractivity contribution in [1.82, 2.24) is 10.6 Å². The van der Waals surface area contributed by atoms with Crippen LogP contribution in [0.25, 0.3) is 0 Å². The van der Waals surface area contributed by atoms with Crippen LogP contribution in [0.3, 0.4) is 0 Å². The fraction of sp³-hybridized carbons (Fsp3) is 0.429. The first kappa shape index (κ1) is 16.4. The van der Waals surface area contributed by atoms with E-state index < -0.39 is 33.5 Å². The maximum atomic E-state index is 13.4. The molecule has 0 aromatic heterocycles. The third-order valence-corrected chi connectivity index (χ3v) is 5.12. The van der Waals surface area contributed by atoms with Crippen LogP contribution in [0.2, 0.25) is 0 Å². The van der Waals surface area contributed by atoms with Crippen LogP contribution in [0, 0.1) is 5.82 Å². The highest BCUT2D eigenvalue weighted by Gasteiger charge is 2.28. The fourth-order valence-electron chi connectivity index (χ4n) is 2.24. The topological polar surface area (TPSA) is 92.3 Å². The Morgan fingerprint density at radius 2 is 1.95 bits per heavy atom. The maximum absolute atomic E-state index is 13.4. The van der Waals surface area contributed by atoms with E-state index >= 15 is 0 Å². The van der Waals surface area contributed by atoms with Gasteiger partial charge in [0.1, 0.15) is 5.82 Å². The van der Waals surface area contributed by atoms with Gasteiger partial charge in [-0.2, -0.15) is 0 Å². The van der Waals surface area contributed by atoms with Crippen molar-refractivity contribution in [3.8, 4) is 0 Å². The number of halogens is 1. The molecule has 1 aliphatic heterocycles. The van der Waals surface area contributed by atoms with Crippen molar-refractivity contribution in [2.24, 2.45) is 0 Å². The molecule has 0 bridgehead atoms. The molecule has 1 atom stereocenters. The van der Waals surface area contributed by atoms with E-state index in [4.69, 9.17) is 0 Å². The second-order valence-corrected chi connectivity index (χ2v) is 7.44. The number of hydrogen-bond donors (Lipinski definition) is 2. The third-order valence-electron chi connectivity index (χ3n) is 3.35. The minimum atomic E-state index is -3.06. The fourth-order valence-corrected chi connectivity index (χ4v) is 3.92. The molecule has 1 fully saturated rings. The highest BCUT2D eigenvalue weighted by atomic mass is 32.2. The largest absolute Gasteiger partial charge is 0.351 e. The summed E-state index contributed by atoms with van der Waals surface area (Å²) in [5, 5.41) is 4.94. The van der Waals surface area contributed by atoms with Gasteiger partial charge in [-0.15, -0.1) is 0 Å². The van der Waals surface area contributed by atoms with Crippen molar-refractivity contribution >= 4 is 21.7 Å². The Morgan fingerprint density at radius 3 is 2.59 bits per heavy atom. The first-order valence-corrected chi connectivity index (χ1v) is 8.68. The van der Waals surface area contributed by atoms with E-state index in [2.05, 4.69) is 10.6 Å². The molecule has 1 heterocycles. The molecule has 2 rings (SSSR count). The molecule has 22 heavy (non-hydrogen) atoms. The Bertz CT molecular complexity index is 675. The summed E-state index contributed by atoms with van der Waals surface area (Å²) < 4.78 is 35.9. The van der Waals surface area contributed by atoms with Gasteiger partial charge in [-0.1, -0.05) is 18.2 Å². The molecular formula is C14H17FN2O4S. The molecule has 8 heteroatoms. The molecule has 0 aliphatic carbocycles. The number of amides is 2. The van der Waals surface area contributed by atoms with E-state index in [1.807, 2.05) is 0 Å². The Kier molecular flexibility index (Phi) is 5.12. The van der Waals surface area contributed by atoms with E-state index in [1.54, 1.807) is 6.07 Å². The summed E-state index contributed by atoms with van der Waals surface area (Å²) in [7, 11) is -3.06. The summed E-state index contributed by atoms with van der Waals surface area (Å²) >= 11 is 0. The van der Waals surface area contributed by atoms with Crippen LogP contribution in [-0.2, 0) is 25.8 Å². The first-order valence-electron chi connectivity index (χ1n) is 6.85. The number of benzene rings is 1. The molecule has 0 spiro atoms. The lowest BCUT2D eigenvalue weighted by Gasteiger charge is -2.11. The molecule has 2 N–H and O–H groups in total. The van der Waals surface area contributed by atoms with Gasteiger partial charge in [0.05, 0.1) is 24.5 Å². The zero-order chi connectivity index (χ0) is 16.2. The maximum Gasteiger partial charge on any atom is 0.239 e. The summed E-state index contributed by atoms with van der Waals surface area (Å²) in [6.45, 7) is -0.260. The Balaban J connectivity index is 1.74. The summed E-state index contributed by atoms with van der Waals surface area (Å²) in [5.74, 6) is -1.40. The lowest BCUT2D eigenvalue weighted by molar-refractivity contribution is -0.126. The minimum Gasteiger partial charge on any atom is -0.351 e. The van der Waals surface area contributed by atoms with Gasteiger partial charge in [0.25, 0.3) is 0 Å². The average Bonchev–Trinajstić information content (AvgIpc) is 2.78. The lowest BCUT2D eigenvalue weighted by Crippen LogP contribution is -2.42. The van der Waals surface area contributed by atoms with Gasteiger partial charge in [-0.25, -0.2) is 12.8 Å². The minimum absolute atomic E-state index is 0.0671. The number of rotatable bonds is 5. The summed E-state index contributed by atoms with van der Waals surface area (Å²) in [5.41, 5.74) is 0.252. The van der Waals surface area contributed by atoms with Crippen LogP contribution in [0.15, 0.2) is 24.3 Å². The second-order valence-electron chi connectivity index (χ2n) is 5.21. The number of hydrogen-bond acceptors (Lipinski definition) is 4. The summed E-state index contributed by atoms with van der Waals surface area (Å²) in [4.78, 5) is 23.3. The summed E-state index contributed by atoms with van der Waals surface area (Å²) in [6, 6.07) is 5.51. The van der Waals surface area contributed by atoms with Crippen LogP contribution in [0.4, 0.5) is 4.39 Å². The van der Waals surface area contributed by atoms with E-state index in [-0.39, 0.29) is 30.0 Å². The molecule has 6 nitrogen and oxygen atoms in total. The van der Waals surface area contributed by atoms with Crippen LogP contribution < -0.4 is 10.6 Å². The van der Waals surface area contributed by atoms with Gasteiger partial charge in [0, 0.05) is 6.04 Å². The first-order chi connectivity index (χ1) is 10.4. The van der Waals surface area contributed by atoms with Crippen molar-refractivity contribution in [3.63, 3.8) is 0 Å². The molecule has 1 aliphatic rings. The molecule has 2 amide bonds. The highest BCUT2D eigenvalue weighted by Crippen LogP contribution is 2.11. The van der Waals surface area contributed by atoms with Crippen molar-refractivity contribution in [2.45, 2.75) is 18.9 Å². The lowest BCUT2D eigenvalue weighted by atomic mass is 10.1. The molecule has 0 radical (unpaired) electrons. The number of carbonyl (C=O) groups is 2. The molecule has 1 aromatic rings. The Hall–Kier alpha value is -1.96. The normalized spacial score (nSPS) is 19.6. The number of sulfone groups is 1. The smallest absolute Gasteiger partial charge is 0.239 e. The van der Waals surface area contributed by atoms with Crippen molar-refractivity contribution in [1.29, 1.82) is 0 Å². The summed E-state index contributed by atoms with van der Waals surface area (Å²) in [6.07, 6.45) is 0.231. The standard InChI is InChI=1S/C14H17FN2O4S/c15-12-4-2-1-3-10(12)7-13(18)16-8-14(19)17-11-5-6-22(20,21)9-11/h1-4,11H,5-9H2,(H,16,18)(H,17,19). The van der Waals surface area contributed by atoms with Crippen LogP contribution in [-0.4, -0.2) is 44.3 Å². The monoisotopic (exact) mass is 328 g/mol. The van der Waals surface area contributed by atoms with E-state index in [0.29, 0.717) is 6.42 Å². The highest BCUT2D eigenvalue weighted by molar-refractivity contribution is 7.91. The van der Waals surface area contributed by atoms with Gasteiger partial charge in [-0.05, 0) is 18.1 Å². The van der Waals surface area contributed by atoms with Crippen molar-refractivity contribution in [2.75, 3.05) is 18.1 Å². The Labute approximate surface area is 128 Å². The van der Waals surface area contributed by atoms with Gasteiger partial charge >= 0.3 is 0 Å². The predicted octanol–water partition coefficient (Wildman–Crippen LogP) is -0.212. The molecular weight excluding hydrogens is 311 g/mol. The van der Waals surface area contributed by atoms with Crippen molar-refractivity contribution < 1.29 is 22.4 Å². The molecule has 1 saturated heterocycles. The quantitative estimate of drug-likeness (QED) is 0.782. The second kappa shape index (κ2) is 6.87.